The summed E-state index contributed by atoms with van der Waals surface area (Å²) in [5.74, 6) is 0.357. The van der Waals surface area contributed by atoms with E-state index in [9.17, 15) is 4.79 Å². The van der Waals surface area contributed by atoms with Crippen LogP contribution >= 0.6 is 8.73 Å². The summed E-state index contributed by atoms with van der Waals surface area (Å²) >= 11 is 0. The maximum atomic E-state index is 10.9. The highest BCUT2D eigenvalue weighted by Gasteiger charge is 2.18. The lowest BCUT2D eigenvalue weighted by Gasteiger charge is -2.12. The Bertz CT molecular complexity index is 116. The zero-order valence-electron chi connectivity index (χ0n) is 5.68. The van der Waals surface area contributed by atoms with Crippen molar-refractivity contribution >= 4 is 14.6 Å². The van der Waals surface area contributed by atoms with Crippen molar-refractivity contribution in [3.63, 3.8) is 0 Å². The van der Waals surface area contributed by atoms with E-state index in [2.05, 4.69) is 6.92 Å². The van der Waals surface area contributed by atoms with Gasteiger partial charge in [-0.1, -0.05) is 6.92 Å². The highest BCUT2D eigenvalue weighted by atomic mass is 31.1. The average Bonchev–Trinajstić information content (AvgIpc) is 2.18. The Balaban J connectivity index is 2.31. The van der Waals surface area contributed by atoms with Crippen molar-refractivity contribution in [1.29, 1.82) is 0 Å². The lowest BCUT2D eigenvalue weighted by atomic mass is 10.4. The fourth-order valence-electron chi connectivity index (χ4n) is 1.01. The molecule has 0 aromatic carbocycles. The SMILES string of the molecule is CCPN1CCCC1=O. The van der Waals surface area contributed by atoms with Gasteiger partial charge in [0.05, 0.1) is 0 Å². The van der Waals surface area contributed by atoms with Crippen LogP contribution in [0.25, 0.3) is 0 Å². The number of amides is 1. The molecule has 9 heavy (non-hydrogen) atoms. The first kappa shape index (κ1) is 7.01. The Hall–Kier alpha value is -0.100. The van der Waals surface area contributed by atoms with Crippen molar-refractivity contribution in [3.8, 4) is 0 Å². The Morgan fingerprint density at radius 3 is 3.00 bits per heavy atom. The van der Waals surface area contributed by atoms with E-state index in [1.807, 2.05) is 4.67 Å². The monoisotopic (exact) mass is 145 g/mol. The molecule has 0 spiro atoms. The molecular formula is C6H12NOP. The van der Waals surface area contributed by atoms with Crippen LogP contribution in [0.1, 0.15) is 19.8 Å². The van der Waals surface area contributed by atoms with E-state index < -0.39 is 0 Å². The summed E-state index contributed by atoms with van der Waals surface area (Å²) < 4.78 is 1.97. The van der Waals surface area contributed by atoms with Crippen molar-refractivity contribution in [2.24, 2.45) is 0 Å². The first-order chi connectivity index (χ1) is 4.34. The van der Waals surface area contributed by atoms with Gasteiger partial charge in [-0.2, -0.15) is 0 Å². The Morgan fingerprint density at radius 2 is 2.56 bits per heavy atom. The highest BCUT2D eigenvalue weighted by molar-refractivity contribution is 7.36. The fourth-order valence-corrected chi connectivity index (χ4v) is 1.99. The van der Waals surface area contributed by atoms with Gasteiger partial charge in [-0.3, -0.25) is 4.79 Å². The summed E-state index contributed by atoms with van der Waals surface area (Å²) in [5, 5.41) is 0. The van der Waals surface area contributed by atoms with E-state index in [1.54, 1.807) is 0 Å². The second kappa shape index (κ2) is 3.17. The van der Waals surface area contributed by atoms with E-state index >= 15 is 0 Å². The van der Waals surface area contributed by atoms with Crippen LogP contribution < -0.4 is 0 Å². The van der Waals surface area contributed by atoms with E-state index in [-0.39, 0.29) is 0 Å². The smallest absolute Gasteiger partial charge is 0.225 e. The molecule has 1 fully saturated rings. The van der Waals surface area contributed by atoms with E-state index in [0.29, 0.717) is 5.91 Å². The van der Waals surface area contributed by atoms with Crippen molar-refractivity contribution < 1.29 is 4.79 Å². The molecule has 1 aliphatic heterocycles. The third-order valence-corrected chi connectivity index (χ3v) is 2.59. The minimum Gasteiger partial charge on any atom is -0.325 e. The van der Waals surface area contributed by atoms with Gasteiger partial charge in [-0.15, -0.1) is 0 Å². The Morgan fingerprint density at radius 1 is 1.78 bits per heavy atom. The predicted octanol–water partition coefficient (Wildman–Crippen LogP) is 1.22. The summed E-state index contributed by atoms with van der Waals surface area (Å²) in [6.07, 6.45) is 2.98. The summed E-state index contributed by atoms with van der Waals surface area (Å²) in [7, 11) is 0.733. The van der Waals surface area contributed by atoms with Crippen LogP contribution in [0.3, 0.4) is 0 Å². The summed E-state index contributed by atoms with van der Waals surface area (Å²) in [5.41, 5.74) is 0. The maximum Gasteiger partial charge on any atom is 0.225 e. The second-order valence-electron chi connectivity index (χ2n) is 2.16. The minimum absolute atomic E-state index is 0.357. The normalized spacial score (nSPS) is 20.6. The molecule has 52 valence electrons. The predicted molar refractivity (Wildman–Crippen MR) is 39.8 cm³/mol. The number of hydrogen-bond acceptors (Lipinski definition) is 1. The molecule has 0 aromatic heterocycles. The zero-order valence-corrected chi connectivity index (χ0v) is 6.68. The largest absolute Gasteiger partial charge is 0.325 e. The molecule has 0 aliphatic carbocycles. The van der Waals surface area contributed by atoms with Gasteiger partial charge in [-0.05, 0) is 21.3 Å². The van der Waals surface area contributed by atoms with Gasteiger partial charge >= 0.3 is 0 Å². The molecule has 1 rings (SSSR count). The van der Waals surface area contributed by atoms with Crippen molar-refractivity contribution in [2.45, 2.75) is 19.8 Å². The second-order valence-corrected chi connectivity index (χ2v) is 3.72. The molecule has 0 saturated carbocycles. The average molecular weight is 145 g/mol. The molecule has 0 N–H and O–H groups in total. The molecule has 1 amide bonds. The van der Waals surface area contributed by atoms with Crippen molar-refractivity contribution in [2.75, 3.05) is 12.7 Å². The standard InChI is InChI=1S/C6H12NOP/c1-2-9-7-5-3-4-6(7)8/h9H,2-5H2,1H3. The molecule has 0 aromatic rings. The topological polar surface area (TPSA) is 20.3 Å². The Labute approximate surface area is 57.5 Å². The number of nitrogens with zero attached hydrogens (tertiary/aromatic N) is 1. The van der Waals surface area contributed by atoms with Gasteiger partial charge in [0.1, 0.15) is 0 Å². The fraction of sp³-hybridized carbons (Fsp3) is 0.833. The van der Waals surface area contributed by atoms with Crippen LogP contribution in [-0.2, 0) is 4.79 Å². The third kappa shape index (κ3) is 1.65. The van der Waals surface area contributed by atoms with Gasteiger partial charge in [0.2, 0.25) is 5.91 Å². The highest BCUT2D eigenvalue weighted by Crippen LogP contribution is 2.24. The van der Waals surface area contributed by atoms with Crippen LogP contribution in [-0.4, -0.2) is 23.3 Å². The lowest BCUT2D eigenvalue weighted by molar-refractivity contribution is -0.123. The molecule has 3 heteroatoms. The van der Waals surface area contributed by atoms with Crippen molar-refractivity contribution in [3.05, 3.63) is 0 Å². The molecule has 1 unspecified atom stereocenters. The molecule has 1 saturated heterocycles. The summed E-state index contributed by atoms with van der Waals surface area (Å²) in [6, 6.07) is 0. The third-order valence-electron chi connectivity index (χ3n) is 1.42. The first-order valence-electron chi connectivity index (χ1n) is 3.38. The molecule has 1 aliphatic rings. The van der Waals surface area contributed by atoms with Gasteiger partial charge in [-0.25, -0.2) is 0 Å². The van der Waals surface area contributed by atoms with E-state index in [0.717, 1.165) is 34.3 Å². The Kier molecular flexibility index (Phi) is 2.47. The van der Waals surface area contributed by atoms with Crippen LogP contribution in [0.5, 0.6) is 0 Å². The van der Waals surface area contributed by atoms with Gasteiger partial charge in [0, 0.05) is 13.0 Å². The molecule has 0 bridgehead atoms. The first-order valence-corrected chi connectivity index (χ1v) is 4.54. The van der Waals surface area contributed by atoms with Gasteiger partial charge in [0.25, 0.3) is 0 Å². The zero-order chi connectivity index (χ0) is 6.69. The van der Waals surface area contributed by atoms with Crippen LogP contribution in [0.4, 0.5) is 0 Å². The van der Waals surface area contributed by atoms with E-state index in [1.165, 1.54) is 0 Å². The maximum absolute atomic E-state index is 10.9. The van der Waals surface area contributed by atoms with Crippen LogP contribution in [0.2, 0.25) is 0 Å². The molecule has 1 heterocycles. The number of rotatable bonds is 2. The minimum atomic E-state index is 0.357. The quantitative estimate of drug-likeness (QED) is 0.535. The van der Waals surface area contributed by atoms with Crippen LogP contribution in [0.15, 0.2) is 0 Å². The van der Waals surface area contributed by atoms with Crippen molar-refractivity contribution in [1.82, 2.24) is 4.67 Å². The summed E-state index contributed by atoms with van der Waals surface area (Å²) in [4.78, 5) is 10.9. The van der Waals surface area contributed by atoms with Gasteiger partial charge in [0.15, 0.2) is 0 Å². The molecule has 2 nitrogen and oxygen atoms in total. The molecule has 0 radical (unpaired) electrons. The molecule has 1 atom stereocenters. The summed E-state index contributed by atoms with van der Waals surface area (Å²) in [6.45, 7) is 3.12. The van der Waals surface area contributed by atoms with Crippen LogP contribution in [0, 0.1) is 0 Å². The number of carbonyl (C=O) groups excluding carboxylic acids is 1. The lowest BCUT2D eigenvalue weighted by Crippen LogP contribution is -2.14. The van der Waals surface area contributed by atoms with E-state index in [4.69, 9.17) is 0 Å². The number of carbonyl (C=O) groups is 1. The van der Waals surface area contributed by atoms with Gasteiger partial charge < -0.3 is 4.67 Å². The molecular weight excluding hydrogens is 133 g/mol. The number of hydrogen-bond donors (Lipinski definition) is 0.